The number of pyridine rings is 1. The zero-order valence-corrected chi connectivity index (χ0v) is 11.2. The first-order valence-electron chi connectivity index (χ1n) is 6.53. The summed E-state index contributed by atoms with van der Waals surface area (Å²) in [6.07, 6.45) is 4.68. The van der Waals surface area contributed by atoms with Crippen LogP contribution in [0, 0.1) is 0 Å². The van der Waals surface area contributed by atoms with Gasteiger partial charge in [-0.25, -0.2) is 0 Å². The summed E-state index contributed by atoms with van der Waals surface area (Å²) in [5.74, 6) is -0.128. The third-order valence-corrected chi connectivity index (χ3v) is 2.61. The molecule has 18 heavy (non-hydrogen) atoms. The first-order chi connectivity index (χ1) is 8.74. The third-order valence-electron chi connectivity index (χ3n) is 2.61. The van der Waals surface area contributed by atoms with E-state index in [1.54, 1.807) is 24.4 Å². The van der Waals surface area contributed by atoms with Crippen LogP contribution in [0.25, 0.3) is 0 Å². The van der Waals surface area contributed by atoms with Gasteiger partial charge < -0.3 is 10.1 Å². The lowest BCUT2D eigenvalue weighted by atomic mass is 10.2. The van der Waals surface area contributed by atoms with Gasteiger partial charge in [0.2, 0.25) is 0 Å². The van der Waals surface area contributed by atoms with Gasteiger partial charge in [-0.15, -0.1) is 0 Å². The summed E-state index contributed by atoms with van der Waals surface area (Å²) in [4.78, 5) is 15.8. The van der Waals surface area contributed by atoms with E-state index in [9.17, 15) is 4.79 Å². The van der Waals surface area contributed by atoms with Crippen LogP contribution in [0.5, 0.6) is 0 Å². The normalized spacial score (nSPS) is 12.1. The smallest absolute Gasteiger partial charge is 0.270 e. The maximum Gasteiger partial charge on any atom is 0.270 e. The zero-order chi connectivity index (χ0) is 13.2. The monoisotopic (exact) mass is 250 g/mol. The lowest BCUT2D eigenvalue weighted by Gasteiger charge is -2.13. The second-order valence-corrected chi connectivity index (χ2v) is 4.34. The molecule has 0 spiro atoms. The molecule has 1 heterocycles. The molecule has 0 aromatic carbocycles. The van der Waals surface area contributed by atoms with Crippen LogP contribution in [0.3, 0.4) is 0 Å². The van der Waals surface area contributed by atoms with Gasteiger partial charge in [-0.3, -0.25) is 9.78 Å². The molecule has 0 fully saturated rings. The molecule has 1 atom stereocenters. The summed E-state index contributed by atoms with van der Waals surface area (Å²) in [5.41, 5.74) is 0.455. The van der Waals surface area contributed by atoms with Gasteiger partial charge in [0.25, 0.3) is 5.91 Å². The Balaban J connectivity index is 2.20. The van der Waals surface area contributed by atoms with E-state index >= 15 is 0 Å². The summed E-state index contributed by atoms with van der Waals surface area (Å²) in [6, 6.07) is 5.41. The van der Waals surface area contributed by atoms with Crippen molar-refractivity contribution in [2.75, 3.05) is 13.2 Å². The molecule has 100 valence electrons. The molecule has 1 N–H and O–H groups in total. The minimum atomic E-state index is -0.128. The highest BCUT2D eigenvalue weighted by molar-refractivity contribution is 5.92. The van der Waals surface area contributed by atoms with E-state index in [1.165, 1.54) is 0 Å². The summed E-state index contributed by atoms with van der Waals surface area (Å²) < 4.78 is 5.47. The summed E-state index contributed by atoms with van der Waals surface area (Å²) in [6.45, 7) is 5.60. The van der Waals surface area contributed by atoms with E-state index in [2.05, 4.69) is 17.2 Å². The van der Waals surface area contributed by atoms with Crippen LogP contribution in [-0.4, -0.2) is 30.1 Å². The minimum Gasteiger partial charge on any atom is -0.381 e. The first-order valence-corrected chi connectivity index (χ1v) is 6.53. The van der Waals surface area contributed by atoms with Crippen LogP contribution < -0.4 is 5.32 Å². The fourth-order valence-electron chi connectivity index (χ4n) is 1.48. The highest BCUT2D eigenvalue weighted by Crippen LogP contribution is 1.98. The molecule has 1 rings (SSSR count). The maximum absolute atomic E-state index is 11.8. The Morgan fingerprint density at radius 3 is 2.94 bits per heavy atom. The predicted molar refractivity (Wildman–Crippen MR) is 71.5 cm³/mol. The van der Waals surface area contributed by atoms with Gasteiger partial charge in [-0.05, 0) is 31.9 Å². The number of nitrogens with zero attached hydrogens (tertiary/aromatic N) is 1. The van der Waals surface area contributed by atoms with E-state index in [1.807, 2.05) is 6.92 Å². The molecule has 1 unspecified atom stereocenters. The molecule has 1 aromatic rings. The van der Waals surface area contributed by atoms with Crippen LogP contribution in [0.2, 0.25) is 0 Å². The number of carbonyl (C=O) groups excluding carboxylic acids is 1. The van der Waals surface area contributed by atoms with Crippen LogP contribution in [0.1, 0.15) is 43.6 Å². The summed E-state index contributed by atoms with van der Waals surface area (Å²) in [7, 11) is 0. The number of aromatic nitrogens is 1. The van der Waals surface area contributed by atoms with E-state index in [4.69, 9.17) is 4.74 Å². The molecular weight excluding hydrogens is 228 g/mol. The van der Waals surface area contributed by atoms with Crippen LogP contribution >= 0.6 is 0 Å². The van der Waals surface area contributed by atoms with Crippen LogP contribution in [0.15, 0.2) is 24.4 Å². The first kappa shape index (κ1) is 14.6. The van der Waals surface area contributed by atoms with Gasteiger partial charge in [-0.1, -0.05) is 19.4 Å². The molecule has 0 saturated carbocycles. The Morgan fingerprint density at radius 2 is 2.28 bits per heavy atom. The van der Waals surface area contributed by atoms with E-state index < -0.39 is 0 Å². The van der Waals surface area contributed by atoms with Crippen LogP contribution in [0.4, 0.5) is 0 Å². The van der Waals surface area contributed by atoms with Crippen molar-refractivity contribution in [3.63, 3.8) is 0 Å². The van der Waals surface area contributed by atoms with Gasteiger partial charge in [0.15, 0.2) is 0 Å². The average molecular weight is 250 g/mol. The second kappa shape index (κ2) is 8.64. The quantitative estimate of drug-likeness (QED) is 0.721. The van der Waals surface area contributed by atoms with Gasteiger partial charge in [-0.2, -0.15) is 0 Å². The molecule has 1 amide bonds. The van der Waals surface area contributed by atoms with Crippen molar-refractivity contribution >= 4 is 5.91 Å². The highest BCUT2D eigenvalue weighted by atomic mass is 16.5. The molecule has 1 aromatic heterocycles. The van der Waals surface area contributed by atoms with Crippen molar-refractivity contribution in [1.82, 2.24) is 10.3 Å². The number of rotatable bonds is 8. The number of amides is 1. The van der Waals surface area contributed by atoms with Crippen molar-refractivity contribution in [2.45, 2.75) is 39.2 Å². The Morgan fingerprint density at radius 1 is 1.44 bits per heavy atom. The zero-order valence-electron chi connectivity index (χ0n) is 11.2. The molecule has 0 aliphatic rings. The molecule has 0 aliphatic carbocycles. The molecule has 0 radical (unpaired) electrons. The molecular formula is C14H22N2O2. The maximum atomic E-state index is 11.8. The topological polar surface area (TPSA) is 51.2 Å². The second-order valence-electron chi connectivity index (χ2n) is 4.34. The number of unbranched alkanes of at least 4 members (excludes halogenated alkanes) is 1. The molecule has 0 aliphatic heterocycles. The lowest BCUT2D eigenvalue weighted by molar-refractivity contribution is 0.0908. The number of ether oxygens (including phenoxy) is 1. The molecule has 0 saturated heterocycles. The lowest BCUT2D eigenvalue weighted by Crippen LogP contribution is -2.33. The van der Waals surface area contributed by atoms with Crippen molar-refractivity contribution in [3.8, 4) is 0 Å². The van der Waals surface area contributed by atoms with E-state index in [-0.39, 0.29) is 11.9 Å². The number of nitrogens with one attached hydrogen (secondary N) is 1. The summed E-state index contributed by atoms with van der Waals surface area (Å²) in [5, 5.41) is 2.91. The Bertz CT molecular complexity index is 341. The van der Waals surface area contributed by atoms with E-state index in [0.29, 0.717) is 12.3 Å². The fourth-order valence-corrected chi connectivity index (χ4v) is 1.48. The van der Waals surface area contributed by atoms with Crippen molar-refractivity contribution in [3.05, 3.63) is 30.1 Å². The van der Waals surface area contributed by atoms with E-state index in [0.717, 1.165) is 25.9 Å². The molecule has 4 heteroatoms. The SMILES string of the molecule is CCCCOCCC(C)NC(=O)c1ccccn1. The average Bonchev–Trinajstić information content (AvgIpc) is 2.39. The van der Waals surface area contributed by atoms with Crippen LogP contribution in [-0.2, 0) is 4.74 Å². The highest BCUT2D eigenvalue weighted by Gasteiger charge is 2.09. The summed E-state index contributed by atoms with van der Waals surface area (Å²) >= 11 is 0. The Labute approximate surface area is 109 Å². The Kier molecular flexibility index (Phi) is 7.03. The number of hydrogen-bond acceptors (Lipinski definition) is 3. The number of hydrogen-bond donors (Lipinski definition) is 1. The van der Waals surface area contributed by atoms with Crippen molar-refractivity contribution in [1.29, 1.82) is 0 Å². The van der Waals surface area contributed by atoms with Crippen molar-refractivity contribution in [2.24, 2.45) is 0 Å². The fraction of sp³-hybridized carbons (Fsp3) is 0.571. The van der Waals surface area contributed by atoms with Gasteiger partial charge in [0, 0.05) is 25.5 Å². The largest absolute Gasteiger partial charge is 0.381 e. The van der Waals surface area contributed by atoms with Crippen molar-refractivity contribution < 1.29 is 9.53 Å². The number of carbonyl (C=O) groups is 1. The van der Waals surface area contributed by atoms with Gasteiger partial charge >= 0.3 is 0 Å². The third kappa shape index (κ3) is 5.77. The minimum absolute atomic E-state index is 0.0983. The predicted octanol–water partition coefficient (Wildman–Crippen LogP) is 2.41. The standard InChI is InChI=1S/C14H22N2O2/c1-3-4-10-18-11-8-12(2)16-14(17)13-7-5-6-9-15-13/h5-7,9,12H,3-4,8,10-11H2,1-2H3,(H,16,17). The molecule has 4 nitrogen and oxygen atoms in total. The Hall–Kier alpha value is -1.42. The van der Waals surface area contributed by atoms with Gasteiger partial charge in [0.05, 0.1) is 0 Å². The molecule has 0 bridgehead atoms. The van der Waals surface area contributed by atoms with Gasteiger partial charge in [0.1, 0.15) is 5.69 Å².